The van der Waals surface area contributed by atoms with E-state index in [-0.39, 0.29) is 24.3 Å². The standard InChI is InChI=1S/C32H42N4O7/c1-2-42-24-10-8-23(9-11-24)35-15-5-7-25-26(29(35)38)27-30(39)36(14-3-4-20-37)28-31(40)34(13-6-12-32(27,28)43-25)17-16-33-18-21-41-22-19-33/h5-12,25-28,37H,2-4,13-22H2,1H3/t25-,26+,27+,28?,32+/m1/s1. The zero-order chi connectivity index (χ0) is 30.0. The van der Waals surface area contributed by atoms with Crippen molar-refractivity contribution in [1.82, 2.24) is 14.7 Å². The molecule has 1 aromatic rings. The molecular weight excluding hydrogens is 552 g/mol. The number of likely N-dealkylation sites (tertiary alicyclic amines) is 1. The third kappa shape index (κ3) is 5.48. The van der Waals surface area contributed by atoms with Crippen LogP contribution in [0.15, 0.2) is 48.6 Å². The maximum Gasteiger partial charge on any atom is 0.249 e. The summed E-state index contributed by atoms with van der Waals surface area (Å²) >= 11 is 0. The van der Waals surface area contributed by atoms with E-state index >= 15 is 0 Å². The van der Waals surface area contributed by atoms with Crippen LogP contribution in [0.3, 0.4) is 0 Å². The number of ether oxygens (including phenoxy) is 3. The summed E-state index contributed by atoms with van der Waals surface area (Å²) in [4.78, 5) is 50.4. The van der Waals surface area contributed by atoms with Gasteiger partial charge in [-0.25, -0.2) is 0 Å². The Morgan fingerprint density at radius 1 is 0.953 bits per heavy atom. The first-order valence-corrected chi connectivity index (χ1v) is 15.5. The van der Waals surface area contributed by atoms with Crippen LogP contribution in [0.1, 0.15) is 19.8 Å². The Morgan fingerprint density at radius 3 is 2.49 bits per heavy atom. The van der Waals surface area contributed by atoms with Crippen LogP contribution in [0, 0.1) is 11.8 Å². The van der Waals surface area contributed by atoms with Gasteiger partial charge < -0.3 is 34.0 Å². The van der Waals surface area contributed by atoms with Gasteiger partial charge in [0, 0.05) is 58.1 Å². The lowest BCUT2D eigenvalue weighted by atomic mass is 9.77. The van der Waals surface area contributed by atoms with Crippen LogP contribution >= 0.6 is 0 Å². The molecule has 3 amide bonds. The van der Waals surface area contributed by atoms with Crippen LogP contribution in [0.2, 0.25) is 0 Å². The Balaban J connectivity index is 1.30. The Hall–Kier alpha value is -3.25. The molecule has 3 fully saturated rings. The van der Waals surface area contributed by atoms with Crippen LogP contribution in [-0.2, 0) is 23.9 Å². The predicted molar refractivity (Wildman–Crippen MR) is 158 cm³/mol. The number of fused-ring (bicyclic) bond motifs is 2. The summed E-state index contributed by atoms with van der Waals surface area (Å²) in [6.07, 6.45) is 8.03. The number of aliphatic hydroxyl groups excluding tert-OH is 1. The van der Waals surface area contributed by atoms with E-state index in [1.807, 2.05) is 60.4 Å². The van der Waals surface area contributed by atoms with Gasteiger partial charge in [-0.3, -0.25) is 19.3 Å². The highest BCUT2D eigenvalue weighted by Crippen LogP contribution is 2.53. The molecular formula is C32H42N4O7. The second-order valence-electron chi connectivity index (χ2n) is 11.7. The van der Waals surface area contributed by atoms with Gasteiger partial charge in [-0.1, -0.05) is 24.3 Å². The van der Waals surface area contributed by atoms with E-state index < -0.39 is 29.6 Å². The van der Waals surface area contributed by atoms with Crippen molar-refractivity contribution in [1.29, 1.82) is 0 Å². The van der Waals surface area contributed by atoms with Crippen molar-refractivity contribution in [2.75, 3.05) is 77.1 Å². The normalized spacial score (nSPS) is 30.7. The molecule has 0 saturated carbocycles. The lowest BCUT2D eigenvalue weighted by Gasteiger charge is -2.36. The number of aliphatic hydroxyl groups is 1. The van der Waals surface area contributed by atoms with Crippen LogP contribution in [0.5, 0.6) is 5.75 Å². The first kappa shape index (κ1) is 29.8. The number of carbonyl (C=O) groups is 3. The molecule has 6 rings (SSSR count). The summed E-state index contributed by atoms with van der Waals surface area (Å²) < 4.78 is 17.8. The van der Waals surface area contributed by atoms with E-state index in [9.17, 15) is 19.5 Å². The second kappa shape index (κ2) is 12.8. The number of benzene rings is 1. The number of nitrogens with zero attached hydrogens (tertiary/aromatic N) is 4. The summed E-state index contributed by atoms with van der Waals surface area (Å²) in [5, 5.41) is 9.44. The van der Waals surface area contributed by atoms with Gasteiger partial charge in [0.1, 0.15) is 17.4 Å². The van der Waals surface area contributed by atoms with Crippen molar-refractivity contribution in [2.45, 2.75) is 37.5 Å². The van der Waals surface area contributed by atoms with E-state index in [0.717, 1.165) is 25.4 Å². The van der Waals surface area contributed by atoms with Crippen LogP contribution in [0.4, 0.5) is 5.69 Å². The van der Waals surface area contributed by atoms with E-state index in [1.165, 1.54) is 0 Å². The maximum absolute atomic E-state index is 14.3. The summed E-state index contributed by atoms with van der Waals surface area (Å²) in [5.74, 6) is -1.48. The quantitative estimate of drug-likeness (QED) is 0.317. The van der Waals surface area contributed by atoms with Gasteiger partial charge in [-0.15, -0.1) is 0 Å². The van der Waals surface area contributed by atoms with Crippen molar-refractivity contribution >= 4 is 23.4 Å². The Labute approximate surface area is 252 Å². The molecule has 0 aliphatic carbocycles. The van der Waals surface area contributed by atoms with Gasteiger partial charge >= 0.3 is 0 Å². The highest BCUT2D eigenvalue weighted by Gasteiger charge is 2.71. The smallest absolute Gasteiger partial charge is 0.249 e. The van der Waals surface area contributed by atoms with Gasteiger partial charge in [-0.2, -0.15) is 0 Å². The molecule has 11 heteroatoms. The fraction of sp³-hybridized carbons (Fsp3) is 0.594. The fourth-order valence-electron chi connectivity index (χ4n) is 7.23. The van der Waals surface area contributed by atoms with Gasteiger partial charge in [0.15, 0.2) is 0 Å². The minimum Gasteiger partial charge on any atom is -0.494 e. The third-order valence-electron chi connectivity index (χ3n) is 9.30. The number of hydrogen-bond acceptors (Lipinski definition) is 8. The minimum absolute atomic E-state index is 0.00230. The molecule has 5 aliphatic heterocycles. The van der Waals surface area contributed by atoms with E-state index in [2.05, 4.69) is 4.90 Å². The molecule has 1 aromatic carbocycles. The fourth-order valence-corrected chi connectivity index (χ4v) is 7.23. The van der Waals surface area contributed by atoms with Gasteiger partial charge in [0.25, 0.3) is 0 Å². The average Bonchev–Trinajstić information content (AvgIpc) is 3.33. The Kier molecular flexibility index (Phi) is 8.85. The number of morpholine rings is 1. The SMILES string of the molecule is CCOc1ccc(N2CC=C[C@H]3O[C@]45C=CCN(CCN6CCOCC6)C(=O)C4N(CCCCO)C(=O)[C@@H]5[C@H]3C2=O)cc1. The van der Waals surface area contributed by atoms with Crippen molar-refractivity contribution in [3.63, 3.8) is 0 Å². The van der Waals surface area contributed by atoms with Crippen LogP contribution in [0.25, 0.3) is 0 Å². The molecule has 0 radical (unpaired) electrons. The third-order valence-corrected chi connectivity index (χ3v) is 9.30. The Bertz CT molecular complexity index is 1250. The van der Waals surface area contributed by atoms with Crippen LogP contribution < -0.4 is 9.64 Å². The molecule has 5 heterocycles. The summed E-state index contributed by atoms with van der Waals surface area (Å²) in [7, 11) is 0. The van der Waals surface area contributed by atoms with Crippen LogP contribution in [-0.4, -0.2) is 128 Å². The Morgan fingerprint density at radius 2 is 1.74 bits per heavy atom. The number of carbonyl (C=O) groups excluding carboxylic acids is 3. The van der Waals surface area contributed by atoms with Gasteiger partial charge in [-0.05, 0) is 44.0 Å². The van der Waals surface area contributed by atoms with E-state index in [1.54, 1.807) is 9.80 Å². The molecule has 232 valence electrons. The van der Waals surface area contributed by atoms with E-state index in [0.29, 0.717) is 64.5 Å². The topological polar surface area (TPSA) is 112 Å². The average molecular weight is 595 g/mol. The zero-order valence-electron chi connectivity index (χ0n) is 24.8. The highest BCUT2D eigenvalue weighted by atomic mass is 16.5. The predicted octanol–water partition coefficient (Wildman–Crippen LogP) is 1.07. The molecule has 5 aliphatic rings. The molecule has 1 N–H and O–H groups in total. The lowest BCUT2D eigenvalue weighted by molar-refractivity contribution is -0.147. The summed E-state index contributed by atoms with van der Waals surface area (Å²) in [6.45, 7) is 7.79. The molecule has 43 heavy (non-hydrogen) atoms. The number of anilines is 1. The molecule has 3 saturated heterocycles. The minimum atomic E-state index is -1.25. The molecule has 5 atom stereocenters. The number of rotatable bonds is 10. The van der Waals surface area contributed by atoms with Crippen molar-refractivity contribution < 1.29 is 33.7 Å². The lowest BCUT2D eigenvalue weighted by Crippen LogP contribution is -2.56. The number of unbranched alkanes of at least 4 members (excludes halogenated alkanes) is 1. The summed E-state index contributed by atoms with van der Waals surface area (Å²) in [6, 6.07) is 6.50. The molecule has 1 unspecified atom stereocenters. The number of amides is 3. The largest absolute Gasteiger partial charge is 0.494 e. The second-order valence-corrected chi connectivity index (χ2v) is 11.7. The van der Waals surface area contributed by atoms with Crippen molar-refractivity contribution in [3.8, 4) is 5.75 Å². The molecule has 0 bridgehead atoms. The van der Waals surface area contributed by atoms with Gasteiger partial charge in [0.05, 0.1) is 37.8 Å². The summed E-state index contributed by atoms with van der Waals surface area (Å²) in [5.41, 5.74) is -0.540. The molecule has 1 spiro atoms. The van der Waals surface area contributed by atoms with Gasteiger partial charge in [0.2, 0.25) is 17.7 Å². The monoisotopic (exact) mass is 594 g/mol. The number of hydrogen-bond donors (Lipinski definition) is 1. The van der Waals surface area contributed by atoms with Crippen molar-refractivity contribution in [2.24, 2.45) is 11.8 Å². The maximum atomic E-state index is 14.3. The molecule has 0 aromatic heterocycles. The zero-order valence-corrected chi connectivity index (χ0v) is 24.8. The first-order valence-electron chi connectivity index (χ1n) is 15.5. The highest BCUT2D eigenvalue weighted by molar-refractivity contribution is 6.03. The van der Waals surface area contributed by atoms with Crippen molar-refractivity contribution in [3.05, 3.63) is 48.6 Å². The first-order chi connectivity index (χ1) is 21.0. The van der Waals surface area contributed by atoms with E-state index in [4.69, 9.17) is 14.2 Å². The molecule has 11 nitrogen and oxygen atoms in total.